The molecule has 5 nitrogen and oxygen atoms in total. The fourth-order valence-electron chi connectivity index (χ4n) is 3.81. The number of carbonyl (C=O) groups excluding carboxylic acids is 1. The van der Waals surface area contributed by atoms with Crippen molar-refractivity contribution in [2.75, 3.05) is 16.3 Å². The Morgan fingerprint density at radius 2 is 1.59 bits per heavy atom. The lowest BCUT2D eigenvalue weighted by atomic mass is 9.63. The van der Waals surface area contributed by atoms with Gasteiger partial charge in [0, 0.05) is 11.3 Å². The van der Waals surface area contributed by atoms with E-state index in [2.05, 4.69) is 43.8 Å². The number of hydrogen-bond acceptors (Lipinski definition) is 3. The van der Waals surface area contributed by atoms with Crippen LogP contribution in [0.2, 0.25) is 5.02 Å². The number of rotatable bonds is 4. The van der Waals surface area contributed by atoms with Crippen molar-refractivity contribution >= 4 is 38.9 Å². The Morgan fingerprint density at radius 3 is 2.17 bits per heavy atom. The van der Waals surface area contributed by atoms with Gasteiger partial charge in [-0.2, -0.15) is 0 Å². The third-order valence-corrected chi connectivity index (χ3v) is 6.54. The van der Waals surface area contributed by atoms with Gasteiger partial charge in [0.1, 0.15) is 0 Å². The minimum absolute atomic E-state index is 0.0173. The molecule has 1 aliphatic carbocycles. The summed E-state index contributed by atoms with van der Waals surface area (Å²) < 4.78 is 25.1. The molecule has 0 fully saturated rings. The average Bonchev–Trinajstić information content (AvgIpc) is 2.60. The van der Waals surface area contributed by atoms with Gasteiger partial charge in [0.25, 0.3) is 5.91 Å². The summed E-state index contributed by atoms with van der Waals surface area (Å²) in [5.41, 5.74) is 3.97. The molecule has 0 aromatic heterocycles. The predicted molar refractivity (Wildman–Crippen MR) is 120 cm³/mol. The van der Waals surface area contributed by atoms with Crippen LogP contribution in [0, 0.1) is 0 Å². The largest absolute Gasteiger partial charge is 0.322 e. The van der Waals surface area contributed by atoms with Crippen LogP contribution in [0.4, 0.5) is 11.4 Å². The first-order valence-electron chi connectivity index (χ1n) is 9.52. The number of hydrogen-bond donors (Lipinski definition) is 2. The van der Waals surface area contributed by atoms with Gasteiger partial charge < -0.3 is 5.32 Å². The number of carbonyl (C=O) groups is 1. The molecule has 1 amide bonds. The van der Waals surface area contributed by atoms with E-state index in [1.165, 1.54) is 23.3 Å². The molecule has 0 atom stereocenters. The van der Waals surface area contributed by atoms with Crippen molar-refractivity contribution in [1.82, 2.24) is 0 Å². The van der Waals surface area contributed by atoms with Gasteiger partial charge in [0.05, 0.1) is 17.0 Å². The molecule has 0 spiro atoms. The van der Waals surface area contributed by atoms with Crippen LogP contribution in [0.5, 0.6) is 0 Å². The van der Waals surface area contributed by atoms with E-state index in [0.29, 0.717) is 11.3 Å². The molecular formula is C22H27ClN2O3S. The Balaban J connectivity index is 1.86. The number of halogens is 1. The second-order valence-electron chi connectivity index (χ2n) is 9.05. The van der Waals surface area contributed by atoms with Crippen LogP contribution < -0.4 is 10.0 Å². The first kappa shape index (κ1) is 21.7. The standard InChI is InChI=1S/C22H27ClN2O3S/c1-21(2)10-11-22(3,4)17-12-14(6-8-16(17)21)20(26)24-15-7-9-19(18(23)13-15)25-29(5,27)28/h6-9,12-13,25H,10-11H2,1-5H3,(H,24,26). The fraction of sp³-hybridized carbons (Fsp3) is 0.409. The Labute approximate surface area is 177 Å². The molecule has 0 heterocycles. The van der Waals surface area contributed by atoms with E-state index < -0.39 is 10.0 Å². The summed E-state index contributed by atoms with van der Waals surface area (Å²) in [4.78, 5) is 12.8. The highest BCUT2D eigenvalue weighted by molar-refractivity contribution is 7.92. The van der Waals surface area contributed by atoms with Crippen molar-refractivity contribution in [2.45, 2.75) is 51.4 Å². The third kappa shape index (κ3) is 4.75. The van der Waals surface area contributed by atoms with Crippen molar-refractivity contribution in [3.63, 3.8) is 0 Å². The molecule has 0 saturated heterocycles. The highest BCUT2D eigenvalue weighted by Crippen LogP contribution is 2.45. The van der Waals surface area contributed by atoms with Crippen LogP contribution >= 0.6 is 11.6 Å². The van der Waals surface area contributed by atoms with Gasteiger partial charge >= 0.3 is 0 Å². The summed E-state index contributed by atoms with van der Waals surface area (Å²) in [6.45, 7) is 8.93. The summed E-state index contributed by atoms with van der Waals surface area (Å²) in [7, 11) is -3.43. The zero-order chi connectivity index (χ0) is 21.6. The van der Waals surface area contributed by atoms with Crippen LogP contribution in [0.1, 0.15) is 62.0 Å². The van der Waals surface area contributed by atoms with Gasteiger partial charge in [-0.3, -0.25) is 9.52 Å². The molecule has 7 heteroatoms. The van der Waals surface area contributed by atoms with Crippen molar-refractivity contribution < 1.29 is 13.2 Å². The maximum atomic E-state index is 12.8. The summed E-state index contributed by atoms with van der Waals surface area (Å²) >= 11 is 6.15. The molecule has 0 unspecified atom stereocenters. The number of nitrogens with one attached hydrogen (secondary N) is 2. The van der Waals surface area contributed by atoms with Gasteiger partial charge in [-0.25, -0.2) is 8.42 Å². The van der Waals surface area contributed by atoms with Crippen LogP contribution in [-0.2, 0) is 20.9 Å². The molecule has 0 saturated carbocycles. The Kier molecular flexibility index (Phi) is 5.47. The fourth-order valence-corrected chi connectivity index (χ4v) is 4.67. The average molecular weight is 435 g/mol. The van der Waals surface area contributed by atoms with E-state index in [1.807, 2.05) is 12.1 Å². The van der Waals surface area contributed by atoms with Gasteiger partial charge in [0.15, 0.2) is 0 Å². The van der Waals surface area contributed by atoms with E-state index >= 15 is 0 Å². The summed E-state index contributed by atoms with van der Waals surface area (Å²) in [6.07, 6.45) is 3.24. The number of amides is 1. The zero-order valence-electron chi connectivity index (χ0n) is 17.4. The smallest absolute Gasteiger partial charge is 0.255 e. The van der Waals surface area contributed by atoms with E-state index in [-0.39, 0.29) is 27.4 Å². The molecular weight excluding hydrogens is 408 g/mol. The van der Waals surface area contributed by atoms with Crippen LogP contribution in [0.25, 0.3) is 0 Å². The molecule has 1 aliphatic rings. The summed E-state index contributed by atoms with van der Waals surface area (Å²) in [6, 6.07) is 10.6. The lowest BCUT2D eigenvalue weighted by Crippen LogP contribution is -2.34. The quantitative estimate of drug-likeness (QED) is 0.684. The number of sulfonamides is 1. The summed E-state index contributed by atoms with van der Waals surface area (Å²) in [5.74, 6) is -0.230. The SMILES string of the molecule is CC1(C)CCC(C)(C)c2cc(C(=O)Nc3ccc(NS(C)(=O)=O)c(Cl)c3)ccc21. The molecule has 2 aromatic rings. The molecule has 3 rings (SSSR count). The van der Waals surface area contributed by atoms with Crippen LogP contribution in [0.15, 0.2) is 36.4 Å². The minimum Gasteiger partial charge on any atom is -0.322 e. The van der Waals surface area contributed by atoms with Crippen molar-refractivity contribution in [1.29, 1.82) is 0 Å². The normalized spacial score (nSPS) is 17.3. The summed E-state index contributed by atoms with van der Waals surface area (Å²) in [5, 5.41) is 3.05. The van der Waals surface area contributed by atoms with E-state index in [9.17, 15) is 13.2 Å². The number of fused-ring (bicyclic) bond motifs is 1. The maximum Gasteiger partial charge on any atom is 0.255 e. The van der Waals surface area contributed by atoms with E-state index in [0.717, 1.165) is 19.1 Å². The Bertz CT molecular complexity index is 1080. The van der Waals surface area contributed by atoms with Crippen molar-refractivity contribution in [3.8, 4) is 0 Å². The Morgan fingerprint density at radius 1 is 0.966 bits per heavy atom. The van der Waals surface area contributed by atoms with Gasteiger partial charge in [-0.05, 0) is 65.1 Å². The monoisotopic (exact) mass is 434 g/mol. The predicted octanol–water partition coefficient (Wildman–Crippen LogP) is 5.31. The first-order chi connectivity index (χ1) is 13.3. The molecule has 0 aliphatic heterocycles. The van der Waals surface area contributed by atoms with Gasteiger partial charge in [0.2, 0.25) is 10.0 Å². The first-order valence-corrected chi connectivity index (χ1v) is 11.8. The molecule has 156 valence electrons. The Hall–Kier alpha value is -2.05. The molecule has 0 radical (unpaired) electrons. The van der Waals surface area contributed by atoms with Gasteiger partial charge in [-0.15, -0.1) is 0 Å². The minimum atomic E-state index is -3.43. The second-order valence-corrected chi connectivity index (χ2v) is 11.2. The van der Waals surface area contributed by atoms with E-state index in [1.54, 1.807) is 6.07 Å². The lowest BCUT2D eigenvalue weighted by Gasteiger charge is -2.42. The number of benzene rings is 2. The molecule has 2 aromatic carbocycles. The third-order valence-electron chi connectivity index (χ3n) is 5.64. The lowest BCUT2D eigenvalue weighted by molar-refractivity contribution is 0.102. The molecule has 29 heavy (non-hydrogen) atoms. The van der Waals surface area contributed by atoms with E-state index in [4.69, 9.17) is 11.6 Å². The van der Waals surface area contributed by atoms with Crippen molar-refractivity contribution in [2.24, 2.45) is 0 Å². The highest BCUT2D eigenvalue weighted by atomic mass is 35.5. The molecule has 2 N–H and O–H groups in total. The van der Waals surface area contributed by atoms with Crippen LogP contribution in [-0.4, -0.2) is 20.6 Å². The van der Waals surface area contributed by atoms with Gasteiger partial charge in [-0.1, -0.05) is 45.4 Å². The van der Waals surface area contributed by atoms with Crippen LogP contribution in [0.3, 0.4) is 0 Å². The zero-order valence-corrected chi connectivity index (χ0v) is 19.0. The maximum absolute atomic E-state index is 12.8. The second kappa shape index (κ2) is 7.33. The highest BCUT2D eigenvalue weighted by Gasteiger charge is 2.37. The van der Waals surface area contributed by atoms with Crippen molar-refractivity contribution in [3.05, 3.63) is 58.1 Å². The number of anilines is 2. The molecule has 0 bridgehead atoms. The topological polar surface area (TPSA) is 75.3 Å².